The molecule has 0 aliphatic heterocycles. The van der Waals surface area contributed by atoms with Crippen LogP contribution in [0.3, 0.4) is 0 Å². The number of fused-ring (bicyclic) bond motifs is 1. The van der Waals surface area contributed by atoms with Crippen LogP contribution < -0.4 is 10.1 Å². The molecule has 0 fully saturated rings. The van der Waals surface area contributed by atoms with Crippen molar-refractivity contribution in [3.8, 4) is 5.75 Å². The van der Waals surface area contributed by atoms with Crippen molar-refractivity contribution in [3.05, 3.63) is 36.5 Å². The van der Waals surface area contributed by atoms with Gasteiger partial charge >= 0.3 is 6.09 Å². The summed E-state index contributed by atoms with van der Waals surface area (Å²) in [7, 11) is 0. The predicted octanol–water partition coefficient (Wildman–Crippen LogP) is 6.37. The summed E-state index contributed by atoms with van der Waals surface area (Å²) < 4.78 is 11.2. The van der Waals surface area contributed by atoms with Crippen molar-refractivity contribution in [2.75, 3.05) is 25.5 Å². The fraction of sp³-hybridized carbons (Fsp3) is 0.480. The molecule has 0 unspecified atom stereocenters. The number of pyridine rings is 1. The van der Waals surface area contributed by atoms with Gasteiger partial charge in [0, 0.05) is 29.9 Å². The normalized spacial score (nSPS) is 11.1. The number of thiol groups is 1. The monoisotopic (exact) mass is 457 g/mol. The topological polar surface area (TPSA) is 72.8 Å². The summed E-state index contributed by atoms with van der Waals surface area (Å²) in [5.74, 6) is 1.58. The Hall–Kier alpha value is -2.54. The van der Waals surface area contributed by atoms with Crippen molar-refractivity contribution in [2.24, 2.45) is 4.99 Å². The summed E-state index contributed by atoms with van der Waals surface area (Å²) in [6.45, 7) is 7.54. The molecular formula is C25H35N3O3S. The van der Waals surface area contributed by atoms with Crippen molar-refractivity contribution < 1.29 is 14.3 Å². The third-order valence-electron chi connectivity index (χ3n) is 4.97. The van der Waals surface area contributed by atoms with E-state index in [1.54, 1.807) is 18.5 Å². The van der Waals surface area contributed by atoms with Gasteiger partial charge < -0.3 is 14.8 Å². The van der Waals surface area contributed by atoms with Gasteiger partial charge in [0.2, 0.25) is 0 Å². The molecule has 2 aromatic rings. The molecule has 0 saturated heterocycles. The van der Waals surface area contributed by atoms with Crippen LogP contribution in [0.15, 0.2) is 36.0 Å². The van der Waals surface area contributed by atoms with Crippen LogP contribution >= 0.6 is 12.6 Å². The number of hydrogen-bond acceptors (Lipinski definition) is 6. The van der Waals surface area contributed by atoms with E-state index in [-0.39, 0.29) is 6.09 Å². The third kappa shape index (κ3) is 8.54. The molecule has 1 aromatic heterocycles. The van der Waals surface area contributed by atoms with Crippen LogP contribution in [0.2, 0.25) is 0 Å². The van der Waals surface area contributed by atoms with Gasteiger partial charge in [0.25, 0.3) is 0 Å². The van der Waals surface area contributed by atoms with E-state index in [9.17, 15) is 4.79 Å². The maximum atomic E-state index is 11.4. The Morgan fingerprint density at radius 2 is 1.94 bits per heavy atom. The minimum atomic E-state index is -0.333. The lowest BCUT2D eigenvalue weighted by molar-refractivity contribution is 0.144. The molecular weight excluding hydrogens is 422 g/mol. The van der Waals surface area contributed by atoms with E-state index < -0.39 is 0 Å². The lowest BCUT2D eigenvalue weighted by atomic mass is 10.1. The summed E-state index contributed by atoms with van der Waals surface area (Å²) >= 11 is 4.10. The smallest absolute Gasteiger partial charge is 0.407 e. The number of ether oxygens (including phenoxy) is 2. The van der Waals surface area contributed by atoms with Crippen molar-refractivity contribution in [3.63, 3.8) is 0 Å². The van der Waals surface area contributed by atoms with Crippen molar-refractivity contribution in [1.82, 2.24) is 10.3 Å². The average molecular weight is 458 g/mol. The molecule has 174 valence electrons. The van der Waals surface area contributed by atoms with Gasteiger partial charge in [-0.1, -0.05) is 38.3 Å². The fourth-order valence-corrected chi connectivity index (χ4v) is 3.49. The Balaban J connectivity index is 1.67. The van der Waals surface area contributed by atoms with Gasteiger partial charge in [-0.2, -0.15) is 12.6 Å². The first-order valence-electron chi connectivity index (χ1n) is 11.4. The van der Waals surface area contributed by atoms with Crippen LogP contribution in [0.4, 0.5) is 10.5 Å². The van der Waals surface area contributed by atoms with Crippen molar-refractivity contribution in [2.45, 2.75) is 51.9 Å². The Labute approximate surface area is 196 Å². The molecule has 1 heterocycles. The highest BCUT2D eigenvalue weighted by Crippen LogP contribution is 2.36. The van der Waals surface area contributed by atoms with E-state index >= 15 is 0 Å². The van der Waals surface area contributed by atoms with Gasteiger partial charge in [-0.25, -0.2) is 4.79 Å². The number of aliphatic imine (C=N–C) groups is 1. The molecule has 0 atom stereocenters. The number of amides is 1. The molecule has 0 bridgehead atoms. The molecule has 1 aromatic carbocycles. The molecule has 6 nitrogen and oxygen atoms in total. The fourth-order valence-electron chi connectivity index (χ4n) is 3.34. The highest BCUT2D eigenvalue weighted by Gasteiger charge is 2.11. The van der Waals surface area contributed by atoms with Gasteiger partial charge in [0.05, 0.1) is 18.9 Å². The Bertz CT molecular complexity index is 886. The van der Waals surface area contributed by atoms with Gasteiger partial charge in [0.1, 0.15) is 11.3 Å². The second kappa shape index (κ2) is 15.3. The first-order valence-corrected chi connectivity index (χ1v) is 12.0. The Morgan fingerprint density at radius 3 is 2.66 bits per heavy atom. The number of nitrogens with one attached hydrogen (secondary N) is 1. The van der Waals surface area contributed by atoms with Gasteiger partial charge in [-0.3, -0.25) is 9.98 Å². The summed E-state index contributed by atoms with van der Waals surface area (Å²) in [4.78, 5) is 20.4. The van der Waals surface area contributed by atoms with Crippen molar-refractivity contribution in [1.29, 1.82) is 0 Å². The number of carbonyl (C=O) groups excluding carboxylic acids is 1. The second-order valence-electron chi connectivity index (χ2n) is 7.41. The summed E-state index contributed by atoms with van der Waals surface area (Å²) in [6, 6.07) is 5.92. The minimum Gasteiger partial charge on any atom is -0.493 e. The van der Waals surface area contributed by atoms with E-state index in [0.717, 1.165) is 78.6 Å². The van der Waals surface area contributed by atoms with Crippen LogP contribution in [0.25, 0.3) is 17.0 Å². The highest BCUT2D eigenvalue weighted by atomic mass is 32.1. The molecule has 0 spiro atoms. The van der Waals surface area contributed by atoms with Gasteiger partial charge in [0.15, 0.2) is 0 Å². The minimum absolute atomic E-state index is 0.333. The number of nitrogens with zero attached hydrogens (tertiary/aromatic N) is 2. The quantitative estimate of drug-likeness (QED) is 0.185. The standard InChI is InChI=1S/C25H35N3O3S/c1-3-20-19-22(21-13-11-14-27-24(21)23(20)26-4-2)30-16-9-7-5-6-8-10-17-31-25(29)28-15-12-18-32/h3-4,11,13-14,19,32H,1,5-10,12,15-18H2,2H3,(H,28,29). The molecule has 2 rings (SSSR count). The molecule has 0 aliphatic carbocycles. The second-order valence-corrected chi connectivity index (χ2v) is 7.86. The number of carbonyl (C=O) groups is 1. The first-order chi connectivity index (χ1) is 15.7. The lowest BCUT2D eigenvalue weighted by Crippen LogP contribution is -2.25. The lowest BCUT2D eigenvalue weighted by Gasteiger charge is -2.13. The van der Waals surface area contributed by atoms with E-state index in [1.807, 2.05) is 25.1 Å². The van der Waals surface area contributed by atoms with E-state index in [0.29, 0.717) is 19.8 Å². The average Bonchev–Trinajstić information content (AvgIpc) is 2.81. The van der Waals surface area contributed by atoms with Crippen LogP contribution in [0.5, 0.6) is 5.75 Å². The number of rotatable bonds is 15. The van der Waals surface area contributed by atoms with E-state index in [4.69, 9.17) is 9.47 Å². The van der Waals surface area contributed by atoms with E-state index in [1.165, 1.54) is 0 Å². The van der Waals surface area contributed by atoms with Gasteiger partial charge in [-0.15, -0.1) is 0 Å². The van der Waals surface area contributed by atoms with Crippen LogP contribution in [-0.2, 0) is 4.74 Å². The van der Waals surface area contributed by atoms with Crippen LogP contribution in [0, 0.1) is 0 Å². The number of hydrogen-bond donors (Lipinski definition) is 2. The molecule has 0 saturated carbocycles. The zero-order chi connectivity index (χ0) is 23.0. The maximum Gasteiger partial charge on any atom is 0.407 e. The SMILES string of the molecule is C=Cc1cc(OCCCCCCCCOC(=O)NCCCS)c2cccnc2c1N=CC. The molecule has 0 radical (unpaired) electrons. The zero-order valence-corrected chi connectivity index (χ0v) is 19.9. The number of benzene rings is 1. The number of unbranched alkanes of at least 4 members (excludes halogenated alkanes) is 5. The molecule has 0 aliphatic rings. The largest absolute Gasteiger partial charge is 0.493 e. The number of alkyl carbamates (subject to hydrolysis) is 1. The zero-order valence-electron chi connectivity index (χ0n) is 19.0. The van der Waals surface area contributed by atoms with E-state index in [2.05, 4.69) is 34.5 Å². The summed E-state index contributed by atoms with van der Waals surface area (Å²) in [5, 5.41) is 3.68. The predicted molar refractivity (Wildman–Crippen MR) is 137 cm³/mol. The number of aromatic nitrogens is 1. The van der Waals surface area contributed by atoms with Crippen molar-refractivity contribution >= 4 is 47.6 Å². The van der Waals surface area contributed by atoms with Crippen LogP contribution in [-0.4, -0.2) is 42.8 Å². The van der Waals surface area contributed by atoms with Gasteiger partial charge in [-0.05, 0) is 50.1 Å². The molecule has 32 heavy (non-hydrogen) atoms. The molecule has 1 amide bonds. The third-order valence-corrected chi connectivity index (χ3v) is 5.29. The summed E-state index contributed by atoms with van der Waals surface area (Å²) in [6.07, 6.45) is 12.2. The Kier molecular flexibility index (Phi) is 12.3. The molecule has 1 N–H and O–H groups in total. The Morgan fingerprint density at radius 1 is 1.19 bits per heavy atom. The maximum absolute atomic E-state index is 11.4. The van der Waals surface area contributed by atoms with Crippen LogP contribution in [0.1, 0.15) is 57.4 Å². The first kappa shape index (κ1) is 25.7. The molecule has 7 heteroatoms. The highest BCUT2D eigenvalue weighted by molar-refractivity contribution is 7.80. The summed E-state index contributed by atoms with van der Waals surface area (Å²) in [5.41, 5.74) is 2.57.